The zero-order valence-corrected chi connectivity index (χ0v) is 14.8. The Balaban J connectivity index is 1.81. The average Bonchev–Trinajstić information content (AvgIpc) is 3.26. The highest BCUT2D eigenvalue weighted by Gasteiger charge is 2.18. The van der Waals surface area contributed by atoms with E-state index in [1.807, 2.05) is 19.3 Å². The van der Waals surface area contributed by atoms with Crippen LogP contribution >= 0.6 is 11.3 Å². The van der Waals surface area contributed by atoms with Crippen molar-refractivity contribution < 1.29 is 8.42 Å². The molecule has 0 unspecified atom stereocenters. The van der Waals surface area contributed by atoms with Crippen LogP contribution in [0.2, 0.25) is 0 Å². The van der Waals surface area contributed by atoms with Gasteiger partial charge in [0.15, 0.2) is 0 Å². The molecule has 0 aromatic carbocycles. The monoisotopic (exact) mass is 371 g/mol. The van der Waals surface area contributed by atoms with E-state index in [4.69, 9.17) is 0 Å². The Kier molecular flexibility index (Phi) is 3.74. The predicted molar refractivity (Wildman–Crippen MR) is 96.9 cm³/mol. The van der Waals surface area contributed by atoms with Crippen LogP contribution in [0.3, 0.4) is 0 Å². The summed E-state index contributed by atoms with van der Waals surface area (Å²) in [6.07, 6.45) is 6.87. The van der Waals surface area contributed by atoms with E-state index in [0.29, 0.717) is 10.9 Å². The molecule has 4 aromatic heterocycles. The summed E-state index contributed by atoms with van der Waals surface area (Å²) in [5, 5.41) is 6.50. The summed E-state index contributed by atoms with van der Waals surface area (Å²) in [7, 11) is -1.84. The molecule has 4 heterocycles. The first kappa shape index (κ1) is 15.7. The predicted octanol–water partition coefficient (Wildman–Crippen LogP) is 2.89. The van der Waals surface area contributed by atoms with Crippen molar-refractivity contribution in [2.45, 2.75) is 4.21 Å². The van der Waals surface area contributed by atoms with E-state index in [1.54, 1.807) is 40.7 Å². The van der Waals surface area contributed by atoms with Crippen molar-refractivity contribution in [1.29, 1.82) is 0 Å². The standard InChI is InChI=1S/C16H13N5O2S2/c1-21-10-12(9-19-21)11-7-13-14(18-8-11)4-5-17-16(13)20-25(22,23)15-3-2-6-24-15/h2-10H,1H3,(H,17,20). The van der Waals surface area contributed by atoms with Crippen LogP contribution in [0.1, 0.15) is 0 Å². The van der Waals surface area contributed by atoms with Crippen molar-refractivity contribution in [3.63, 3.8) is 0 Å². The van der Waals surface area contributed by atoms with Gasteiger partial charge in [0.1, 0.15) is 10.0 Å². The van der Waals surface area contributed by atoms with Gasteiger partial charge in [0.05, 0.1) is 11.7 Å². The molecular formula is C16H13N5O2S2. The maximum Gasteiger partial charge on any atom is 0.272 e. The second-order valence-corrected chi connectivity index (χ2v) is 8.25. The molecule has 9 heteroatoms. The van der Waals surface area contributed by atoms with Crippen LogP contribution in [-0.4, -0.2) is 28.2 Å². The quantitative estimate of drug-likeness (QED) is 0.596. The lowest BCUT2D eigenvalue weighted by molar-refractivity contribution is 0.603. The number of rotatable bonds is 4. The Morgan fingerprint density at radius 2 is 2.04 bits per heavy atom. The normalized spacial score (nSPS) is 11.7. The van der Waals surface area contributed by atoms with Gasteiger partial charge in [-0.2, -0.15) is 5.10 Å². The Morgan fingerprint density at radius 3 is 2.76 bits per heavy atom. The van der Waals surface area contributed by atoms with Gasteiger partial charge >= 0.3 is 0 Å². The second-order valence-electron chi connectivity index (χ2n) is 5.39. The fourth-order valence-electron chi connectivity index (χ4n) is 2.45. The molecule has 4 rings (SSSR count). The maximum absolute atomic E-state index is 12.5. The molecule has 0 fully saturated rings. The number of nitrogens with one attached hydrogen (secondary N) is 1. The minimum atomic E-state index is -3.67. The average molecular weight is 371 g/mol. The summed E-state index contributed by atoms with van der Waals surface area (Å²) < 4.78 is 29.5. The number of nitrogens with zero attached hydrogens (tertiary/aromatic N) is 4. The molecule has 0 aliphatic rings. The number of fused-ring (bicyclic) bond motifs is 1. The minimum absolute atomic E-state index is 0.239. The molecule has 7 nitrogen and oxygen atoms in total. The highest BCUT2D eigenvalue weighted by molar-refractivity contribution is 7.94. The van der Waals surface area contributed by atoms with Crippen LogP contribution in [0.4, 0.5) is 5.82 Å². The van der Waals surface area contributed by atoms with Gasteiger partial charge in [-0.15, -0.1) is 11.3 Å². The van der Waals surface area contributed by atoms with E-state index >= 15 is 0 Å². The van der Waals surface area contributed by atoms with Gasteiger partial charge < -0.3 is 0 Å². The van der Waals surface area contributed by atoms with E-state index in [-0.39, 0.29) is 10.0 Å². The van der Waals surface area contributed by atoms with Crippen molar-refractivity contribution in [3.05, 3.63) is 54.4 Å². The van der Waals surface area contributed by atoms with Gasteiger partial charge in [-0.25, -0.2) is 13.4 Å². The molecule has 0 amide bonds. The molecule has 4 aromatic rings. The van der Waals surface area contributed by atoms with Gasteiger partial charge in [0, 0.05) is 42.2 Å². The van der Waals surface area contributed by atoms with Crippen molar-refractivity contribution >= 4 is 38.1 Å². The Morgan fingerprint density at radius 1 is 1.16 bits per heavy atom. The van der Waals surface area contributed by atoms with Crippen molar-refractivity contribution in [2.24, 2.45) is 7.05 Å². The first-order valence-corrected chi connectivity index (χ1v) is 9.69. The summed E-state index contributed by atoms with van der Waals surface area (Å²) in [4.78, 5) is 8.61. The van der Waals surface area contributed by atoms with Crippen LogP contribution in [0.5, 0.6) is 0 Å². The Hall–Kier alpha value is -2.78. The number of sulfonamides is 1. The number of thiophene rings is 1. The highest BCUT2D eigenvalue weighted by atomic mass is 32.2. The zero-order valence-electron chi connectivity index (χ0n) is 13.1. The molecule has 0 radical (unpaired) electrons. The van der Waals surface area contributed by atoms with Crippen LogP contribution in [0.25, 0.3) is 22.0 Å². The maximum atomic E-state index is 12.5. The van der Waals surface area contributed by atoms with Gasteiger partial charge in [-0.05, 0) is 23.6 Å². The third-order valence-electron chi connectivity index (χ3n) is 3.64. The zero-order chi connectivity index (χ0) is 17.4. The first-order chi connectivity index (χ1) is 12.0. The number of pyridine rings is 2. The lowest BCUT2D eigenvalue weighted by atomic mass is 10.1. The summed E-state index contributed by atoms with van der Waals surface area (Å²) in [6, 6.07) is 6.85. The lowest BCUT2D eigenvalue weighted by Crippen LogP contribution is -2.12. The smallest absolute Gasteiger partial charge is 0.272 e. The summed E-state index contributed by atoms with van der Waals surface area (Å²) in [5.74, 6) is 0.254. The number of aromatic nitrogens is 4. The van der Waals surface area contributed by atoms with E-state index in [0.717, 1.165) is 22.5 Å². The highest BCUT2D eigenvalue weighted by Crippen LogP contribution is 2.28. The van der Waals surface area contributed by atoms with Crippen molar-refractivity contribution in [2.75, 3.05) is 4.72 Å². The van der Waals surface area contributed by atoms with Gasteiger partial charge in [-0.3, -0.25) is 14.4 Å². The summed E-state index contributed by atoms with van der Waals surface area (Å²) in [6.45, 7) is 0. The van der Waals surface area contributed by atoms with E-state index in [9.17, 15) is 8.42 Å². The largest absolute Gasteiger partial charge is 0.275 e. The van der Waals surface area contributed by atoms with Crippen molar-refractivity contribution in [1.82, 2.24) is 19.7 Å². The van der Waals surface area contributed by atoms with Crippen molar-refractivity contribution in [3.8, 4) is 11.1 Å². The van der Waals surface area contributed by atoms with Crippen LogP contribution in [-0.2, 0) is 17.1 Å². The lowest BCUT2D eigenvalue weighted by Gasteiger charge is -2.09. The molecule has 0 atom stereocenters. The van der Waals surface area contributed by atoms with Crippen LogP contribution < -0.4 is 4.72 Å². The van der Waals surface area contributed by atoms with Crippen LogP contribution in [0.15, 0.2) is 58.6 Å². The topological polar surface area (TPSA) is 89.8 Å². The molecule has 126 valence electrons. The molecular weight excluding hydrogens is 358 g/mol. The van der Waals surface area contributed by atoms with Gasteiger partial charge in [-0.1, -0.05) is 6.07 Å². The first-order valence-electron chi connectivity index (χ1n) is 7.33. The third kappa shape index (κ3) is 2.99. The molecule has 25 heavy (non-hydrogen) atoms. The molecule has 0 spiro atoms. The summed E-state index contributed by atoms with van der Waals surface area (Å²) >= 11 is 1.15. The van der Waals surface area contributed by atoms with Gasteiger partial charge in [0.2, 0.25) is 0 Å². The third-order valence-corrected chi connectivity index (χ3v) is 6.38. The molecule has 0 aliphatic heterocycles. The fraction of sp³-hybridized carbons (Fsp3) is 0.0625. The molecule has 0 saturated heterocycles. The van der Waals surface area contributed by atoms with Crippen LogP contribution in [0, 0.1) is 0 Å². The Bertz CT molecular complexity index is 1150. The number of anilines is 1. The van der Waals surface area contributed by atoms with E-state index < -0.39 is 10.0 Å². The van der Waals surface area contributed by atoms with Gasteiger partial charge in [0.25, 0.3) is 10.0 Å². The van der Waals surface area contributed by atoms with E-state index in [1.165, 1.54) is 6.20 Å². The minimum Gasteiger partial charge on any atom is -0.275 e. The second kappa shape index (κ2) is 5.94. The fourth-order valence-corrected chi connectivity index (χ4v) is 4.48. The molecule has 0 aliphatic carbocycles. The molecule has 1 N–H and O–H groups in total. The molecule has 0 bridgehead atoms. The molecule has 0 saturated carbocycles. The number of hydrogen-bond donors (Lipinski definition) is 1. The SMILES string of the molecule is Cn1cc(-c2cnc3ccnc(NS(=O)(=O)c4cccs4)c3c2)cn1. The van der Waals surface area contributed by atoms with E-state index in [2.05, 4.69) is 19.8 Å². The summed E-state index contributed by atoms with van der Waals surface area (Å²) in [5.41, 5.74) is 2.39. The Labute approximate surface area is 148 Å². The number of hydrogen-bond acceptors (Lipinski definition) is 6. The number of aryl methyl sites for hydroxylation is 1.